The SMILES string of the molecule is CCCC1CCCC(O)(C2(CN)CCCCCC2)CC1. The summed E-state index contributed by atoms with van der Waals surface area (Å²) >= 11 is 0. The van der Waals surface area contributed by atoms with Gasteiger partial charge in [-0.25, -0.2) is 0 Å². The normalized spacial score (nSPS) is 35.2. The first-order valence-corrected chi connectivity index (χ1v) is 9.08. The van der Waals surface area contributed by atoms with Crippen molar-refractivity contribution in [3.8, 4) is 0 Å². The molecule has 2 atom stereocenters. The average molecular weight is 281 g/mol. The minimum atomic E-state index is -0.478. The van der Waals surface area contributed by atoms with Crippen molar-refractivity contribution < 1.29 is 5.11 Å². The fourth-order valence-electron chi connectivity index (χ4n) is 4.89. The van der Waals surface area contributed by atoms with Gasteiger partial charge in [0.05, 0.1) is 5.60 Å². The minimum Gasteiger partial charge on any atom is -0.389 e. The molecule has 2 aliphatic carbocycles. The summed E-state index contributed by atoms with van der Waals surface area (Å²) < 4.78 is 0. The van der Waals surface area contributed by atoms with Crippen molar-refractivity contribution in [2.45, 2.75) is 96.0 Å². The number of nitrogens with two attached hydrogens (primary N) is 1. The summed E-state index contributed by atoms with van der Waals surface area (Å²) in [5, 5.41) is 11.5. The molecule has 2 rings (SSSR count). The minimum absolute atomic E-state index is 0.0185. The van der Waals surface area contributed by atoms with Crippen molar-refractivity contribution in [1.29, 1.82) is 0 Å². The number of aliphatic hydroxyl groups is 1. The molecule has 118 valence electrons. The Labute approximate surface area is 125 Å². The molecule has 2 nitrogen and oxygen atoms in total. The van der Waals surface area contributed by atoms with E-state index in [1.165, 1.54) is 57.8 Å². The Hall–Kier alpha value is -0.0800. The molecular weight excluding hydrogens is 246 g/mol. The quantitative estimate of drug-likeness (QED) is 0.750. The number of hydrogen-bond acceptors (Lipinski definition) is 2. The van der Waals surface area contributed by atoms with E-state index in [1.807, 2.05) is 0 Å². The predicted molar refractivity (Wildman–Crippen MR) is 85.6 cm³/mol. The third-order valence-electron chi connectivity index (χ3n) is 6.30. The van der Waals surface area contributed by atoms with Gasteiger partial charge in [-0.05, 0) is 38.0 Å². The third kappa shape index (κ3) is 3.39. The summed E-state index contributed by atoms with van der Waals surface area (Å²) in [6.45, 7) is 2.96. The average Bonchev–Trinajstić information content (AvgIpc) is 2.80. The lowest BCUT2D eigenvalue weighted by Crippen LogP contribution is -2.52. The Balaban J connectivity index is 2.10. The van der Waals surface area contributed by atoms with Crippen LogP contribution in [0.2, 0.25) is 0 Å². The zero-order valence-corrected chi connectivity index (χ0v) is 13.5. The summed E-state index contributed by atoms with van der Waals surface area (Å²) in [6, 6.07) is 0. The lowest BCUT2D eigenvalue weighted by Gasteiger charge is -2.47. The van der Waals surface area contributed by atoms with Gasteiger partial charge in [0.1, 0.15) is 0 Å². The van der Waals surface area contributed by atoms with E-state index in [0.29, 0.717) is 6.54 Å². The van der Waals surface area contributed by atoms with Gasteiger partial charge in [-0.2, -0.15) is 0 Å². The van der Waals surface area contributed by atoms with Crippen molar-refractivity contribution in [2.24, 2.45) is 17.1 Å². The first-order valence-electron chi connectivity index (χ1n) is 9.08. The highest BCUT2D eigenvalue weighted by Gasteiger charge is 2.49. The van der Waals surface area contributed by atoms with Crippen LogP contribution < -0.4 is 5.73 Å². The molecule has 0 saturated heterocycles. The van der Waals surface area contributed by atoms with Crippen molar-refractivity contribution >= 4 is 0 Å². The molecule has 0 aromatic heterocycles. The van der Waals surface area contributed by atoms with Crippen LogP contribution in [0.3, 0.4) is 0 Å². The molecule has 0 spiro atoms. The summed E-state index contributed by atoms with van der Waals surface area (Å²) in [7, 11) is 0. The molecule has 20 heavy (non-hydrogen) atoms. The Morgan fingerprint density at radius 3 is 2.25 bits per heavy atom. The predicted octanol–water partition coefficient (Wildman–Crippen LogP) is 4.40. The number of hydrogen-bond donors (Lipinski definition) is 2. The summed E-state index contributed by atoms with van der Waals surface area (Å²) in [5.41, 5.74) is 5.75. The highest BCUT2D eigenvalue weighted by Crippen LogP contribution is 2.49. The molecule has 0 radical (unpaired) electrons. The molecule has 0 heterocycles. The molecular formula is C18H35NO. The van der Waals surface area contributed by atoms with E-state index in [0.717, 1.165) is 31.6 Å². The molecule has 3 N–H and O–H groups in total. The van der Waals surface area contributed by atoms with Gasteiger partial charge < -0.3 is 10.8 Å². The first-order chi connectivity index (χ1) is 9.66. The molecule has 0 aliphatic heterocycles. The molecule has 0 aromatic carbocycles. The van der Waals surface area contributed by atoms with Gasteiger partial charge in [0, 0.05) is 12.0 Å². The van der Waals surface area contributed by atoms with Crippen molar-refractivity contribution in [3.05, 3.63) is 0 Å². The fraction of sp³-hybridized carbons (Fsp3) is 1.00. The van der Waals surface area contributed by atoms with E-state index in [-0.39, 0.29) is 5.41 Å². The lowest BCUT2D eigenvalue weighted by atomic mass is 9.63. The molecule has 2 heteroatoms. The molecule has 2 fully saturated rings. The van der Waals surface area contributed by atoms with Crippen LogP contribution >= 0.6 is 0 Å². The molecule has 0 bridgehead atoms. The fourth-order valence-corrected chi connectivity index (χ4v) is 4.89. The highest BCUT2D eigenvalue weighted by molar-refractivity contribution is 5.01. The monoisotopic (exact) mass is 281 g/mol. The van der Waals surface area contributed by atoms with Crippen LogP contribution in [-0.2, 0) is 0 Å². The zero-order valence-electron chi connectivity index (χ0n) is 13.5. The van der Waals surface area contributed by atoms with Crippen LogP contribution in [-0.4, -0.2) is 17.3 Å². The second-order valence-corrected chi connectivity index (χ2v) is 7.52. The maximum atomic E-state index is 11.5. The van der Waals surface area contributed by atoms with E-state index < -0.39 is 5.60 Å². The summed E-state index contributed by atoms with van der Waals surface area (Å²) in [4.78, 5) is 0. The van der Waals surface area contributed by atoms with Gasteiger partial charge in [-0.15, -0.1) is 0 Å². The largest absolute Gasteiger partial charge is 0.389 e. The van der Waals surface area contributed by atoms with Crippen molar-refractivity contribution in [2.75, 3.05) is 6.54 Å². The number of rotatable bonds is 4. The summed E-state index contributed by atoms with van der Waals surface area (Å²) in [5.74, 6) is 0.842. The topological polar surface area (TPSA) is 46.2 Å². The molecule has 0 aromatic rings. The Morgan fingerprint density at radius 2 is 1.65 bits per heavy atom. The first kappa shape index (κ1) is 16.3. The third-order valence-corrected chi connectivity index (χ3v) is 6.30. The molecule has 0 amide bonds. The van der Waals surface area contributed by atoms with Gasteiger partial charge in [-0.1, -0.05) is 58.3 Å². The van der Waals surface area contributed by atoms with Gasteiger partial charge in [0.25, 0.3) is 0 Å². The van der Waals surface area contributed by atoms with Gasteiger partial charge in [0.15, 0.2) is 0 Å². The van der Waals surface area contributed by atoms with Crippen LogP contribution in [0, 0.1) is 11.3 Å². The Morgan fingerprint density at radius 1 is 0.950 bits per heavy atom. The van der Waals surface area contributed by atoms with Crippen molar-refractivity contribution in [3.63, 3.8) is 0 Å². The van der Waals surface area contributed by atoms with E-state index in [9.17, 15) is 5.11 Å². The lowest BCUT2D eigenvalue weighted by molar-refractivity contribution is -0.100. The van der Waals surface area contributed by atoms with E-state index in [4.69, 9.17) is 5.73 Å². The van der Waals surface area contributed by atoms with E-state index in [1.54, 1.807) is 0 Å². The van der Waals surface area contributed by atoms with E-state index in [2.05, 4.69) is 6.92 Å². The second-order valence-electron chi connectivity index (χ2n) is 7.52. The Bertz CT molecular complexity index is 283. The highest BCUT2D eigenvalue weighted by atomic mass is 16.3. The maximum Gasteiger partial charge on any atom is 0.0715 e. The van der Waals surface area contributed by atoms with E-state index >= 15 is 0 Å². The molecule has 2 saturated carbocycles. The standard InChI is InChI=1S/C18H35NO/c1-2-8-16-9-7-13-18(20,14-10-16)17(15-19)11-5-3-4-6-12-17/h16,20H,2-15,19H2,1H3. The maximum absolute atomic E-state index is 11.5. The van der Waals surface area contributed by atoms with Crippen LogP contribution in [0.5, 0.6) is 0 Å². The van der Waals surface area contributed by atoms with Crippen LogP contribution in [0.4, 0.5) is 0 Å². The molecule has 2 aliphatic rings. The van der Waals surface area contributed by atoms with Crippen LogP contribution in [0.25, 0.3) is 0 Å². The summed E-state index contributed by atoms with van der Waals surface area (Å²) in [6.07, 6.45) is 15.8. The smallest absolute Gasteiger partial charge is 0.0715 e. The van der Waals surface area contributed by atoms with Crippen LogP contribution in [0.15, 0.2) is 0 Å². The Kier molecular flexibility index (Phi) is 5.92. The van der Waals surface area contributed by atoms with Crippen molar-refractivity contribution in [1.82, 2.24) is 0 Å². The van der Waals surface area contributed by atoms with Gasteiger partial charge in [-0.3, -0.25) is 0 Å². The zero-order chi connectivity index (χ0) is 14.5. The second kappa shape index (κ2) is 7.26. The van der Waals surface area contributed by atoms with Crippen LogP contribution in [0.1, 0.15) is 90.4 Å². The van der Waals surface area contributed by atoms with Gasteiger partial charge in [0.2, 0.25) is 0 Å². The van der Waals surface area contributed by atoms with Gasteiger partial charge >= 0.3 is 0 Å². The molecule has 2 unspecified atom stereocenters.